The highest BCUT2D eigenvalue weighted by Crippen LogP contribution is 2.04. The van der Waals surface area contributed by atoms with Crippen LogP contribution in [0.5, 0.6) is 0 Å². The largest absolute Gasteiger partial charge is 0.273 e. The molecule has 0 aliphatic heterocycles. The summed E-state index contributed by atoms with van der Waals surface area (Å²) in [6.45, 7) is 0.672. The van der Waals surface area contributed by atoms with E-state index in [1.54, 1.807) is 23.0 Å². The standard InChI is InChI=1S/C19H17FN4O/c20-18-8-6-15(7-9-18)10-19(25)23-21-11-17-12-22-24(14-17)13-16-4-2-1-3-5-16/h1-9,11-12,14H,10,13H2,(H,23,25)/b21-11-. The molecule has 1 amide bonds. The molecule has 0 unspecified atom stereocenters. The molecular weight excluding hydrogens is 319 g/mol. The maximum absolute atomic E-state index is 12.8. The van der Waals surface area contributed by atoms with Crippen LogP contribution in [0, 0.1) is 5.82 Å². The van der Waals surface area contributed by atoms with Crippen LogP contribution in [0.2, 0.25) is 0 Å². The van der Waals surface area contributed by atoms with Crippen LogP contribution in [-0.4, -0.2) is 21.9 Å². The van der Waals surface area contributed by atoms with Crippen molar-refractivity contribution in [2.75, 3.05) is 0 Å². The molecule has 0 spiro atoms. The Morgan fingerprint density at radius 3 is 2.64 bits per heavy atom. The molecule has 5 nitrogen and oxygen atoms in total. The second-order valence-corrected chi connectivity index (χ2v) is 5.55. The molecule has 0 bridgehead atoms. The van der Waals surface area contributed by atoms with Crippen LogP contribution in [0.15, 0.2) is 72.1 Å². The lowest BCUT2D eigenvalue weighted by Gasteiger charge is -2.00. The van der Waals surface area contributed by atoms with Crippen molar-refractivity contribution in [3.63, 3.8) is 0 Å². The van der Waals surface area contributed by atoms with Gasteiger partial charge in [0.1, 0.15) is 5.82 Å². The summed E-state index contributed by atoms with van der Waals surface area (Å²) in [6, 6.07) is 15.8. The van der Waals surface area contributed by atoms with Gasteiger partial charge >= 0.3 is 0 Å². The topological polar surface area (TPSA) is 59.3 Å². The fraction of sp³-hybridized carbons (Fsp3) is 0.105. The Bertz CT molecular complexity index is 857. The van der Waals surface area contributed by atoms with Gasteiger partial charge in [-0.3, -0.25) is 9.48 Å². The van der Waals surface area contributed by atoms with Crippen LogP contribution in [0.3, 0.4) is 0 Å². The molecule has 1 N–H and O–H groups in total. The van der Waals surface area contributed by atoms with E-state index in [-0.39, 0.29) is 18.1 Å². The summed E-state index contributed by atoms with van der Waals surface area (Å²) in [6.07, 6.45) is 5.21. The molecule has 0 saturated heterocycles. The predicted octanol–water partition coefficient (Wildman–Crippen LogP) is 2.76. The van der Waals surface area contributed by atoms with E-state index in [1.807, 2.05) is 36.5 Å². The van der Waals surface area contributed by atoms with Crippen molar-refractivity contribution in [3.05, 3.63) is 89.5 Å². The van der Waals surface area contributed by atoms with Crippen LogP contribution in [0.4, 0.5) is 4.39 Å². The smallest absolute Gasteiger partial charge is 0.244 e. The highest BCUT2D eigenvalue weighted by Gasteiger charge is 2.02. The summed E-state index contributed by atoms with van der Waals surface area (Å²) in [5, 5.41) is 8.19. The normalized spacial score (nSPS) is 10.9. The monoisotopic (exact) mass is 336 g/mol. The molecular formula is C19H17FN4O. The van der Waals surface area contributed by atoms with E-state index in [0.717, 1.165) is 16.7 Å². The lowest BCUT2D eigenvalue weighted by Crippen LogP contribution is -2.19. The number of nitrogens with zero attached hydrogens (tertiary/aromatic N) is 3. The molecule has 2 aromatic carbocycles. The summed E-state index contributed by atoms with van der Waals surface area (Å²) in [4.78, 5) is 11.8. The Hall–Kier alpha value is -3.28. The quantitative estimate of drug-likeness (QED) is 0.556. The number of benzene rings is 2. The molecule has 25 heavy (non-hydrogen) atoms. The summed E-state index contributed by atoms with van der Waals surface area (Å²) in [7, 11) is 0. The first kappa shape index (κ1) is 16.6. The summed E-state index contributed by atoms with van der Waals surface area (Å²) >= 11 is 0. The van der Waals surface area contributed by atoms with E-state index in [1.165, 1.54) is 18.3 Å². The molecule has 126 valence electrons. The highest BCUT2D eigenvalue weighted by molar-refractivity contribution is 5.82. The Morgan fingerprint density at radius 2 is 1.88 bits per heavy atom. The van der Waals surface area contributed by atoms with E-state index < -0.39 is 0 Å². The number of hydrogen-bond acceptors (Lipinski definition) is 3. The molecule has 0 saturated carbocycles. The third kappa shape index (κ3) is 5.10. The van der Waals surface area contributed by atoms with Gasteiger partial charge in [-0.1, -0.05) is 42.5 Å². The molecule has 1 heterocycles. The molecule has 1 aromatic heterocycles. The molecule has 0 aliphatic carbocycles. The lowest BCUT2D eigenvalue weighted by atomic mass is 10.1. The number of carbonyl (C=O) groups is 1. The SMILES string of the molecule is O=C(Cc1ccc(F)cc1)N/N=C\c1cnn(Cc2ccccc2)c1. The van der Waals surface area contributed by atoms with Gasteiger partial charge in [-0.2, -0.15) is 10.2 Å². The van der Waals surface area contributed by atoms with Crippen molar-refractivity contribution < 1.29 is 9.18 Å². The van der Waals surface area contributed by atoms with Crippen LogP contribution >= 0.6 is 0 Å². The van der Waals surface area contributed by atoms with Crippen molar-refractivity contribution in [1.82, 2.24) is 15.2 Å². The molecule has 0 aliphatic rings. The number of hydrazone groups is 1. The maximum atomic E-state index is 12.8. The summed E-state index contributed by atoms with van der Waals surface area (Å²) in [5.41, 5.74) is 5.12. The fourth-order valence-corrected chi connectivity index (χ4v) is 2.31. The number of nitrogens with one attached hydrogen (secondary N) is 1. The van der Waals surface area contributed by atoms with Crippen molar-refractivity contribution in [1.29, 1.82) is 0 Å². The molecule has 6 heteroatoms. The van der Waals surface area contributed by atoms with Gasteiger partial charge in [-0.25, -0.2) is 9.82 Å². The number of amides is 1. The maximum Gasteiger partial charge on any atom is 0.244 e. The van der Waals surface area contributed by atoms with Crippen molar-refractivity contribution in [3.8, 4) is 0 Å². The van der Waals surface area contributed by atoms with Crippen LogP contribution in [-0.2, 0) is 17.8 Å². The van der Waals surface area contributed by atoms with Gasteiger partial charge < -0.3 is 0 Å². The first-order valence-electron chi connectivity index (χ1n) is 7.82. The summed E-state index contributed by atoms with van der Waals surface area (Å²) in [5.74, 6) is -0.589. The van der Waals surface area contributed by atoms with Crippen molar-refractivity contribution in [2.24, 2.45) is 5.10 Å². The minimum absolute atomic E-state index is 0.144. The number of aromatic nitrogens is 2. The second-order valence-electron chi connectivity index (χ2n) is 5.55. The van der Waals surface area contributed by atoms with E-state index in [0.29, 0.717) is 6.54 Å². The molecule has 0 atom stereocenters. The molecule has 3 aromatic rings. The minimum Gasteiger partial charge on any atom is -0.273 e. The van der Waals surface area contributed by atoms with E-state index in [4.69, 9.17) is 0 Å². The third-order valence-corrected chi connectivity index (χ3v) is 3.52. The van der Waals surface area contributed by atoms with Gasteiger partial charge in [-0.05, 0) is 23.3 Å². The van der Waals surface area contributed by atoms with Gasteiger partial charge in [0.25, 0.3) is 0 Å². The Kier molecular flexibility index (Phi) is 5.31. The van der Waals surface area contributed by atoms with Gasteiger partial charge in [0.2, 0.25) is 5.91 Å². The first-order chi connectivity index (χ1) is 12.2. The van der Waals surface area contributed by atoms with E-state index >= 15 is 0 Å². The molecule has 0 fully saturated rings. The van der Waals surface area contributed by atoms with Gasteiger partial charge in [0.05, 0.1) is 25.4 Å². The van der Waals surface area contributed by atoms with Gasteiger partial charge in [0, 0.05) is 11.8 Å². The minimum atomic E-state index is -0.324. The molecule has 0 radical (unpaired) electrons. The zero-order valence-corrected chi connectivity index (χ0v) is 13.5. The van der Waals surface area contributed by atoms with Gasteiger partial charge in [-0.15, -0.1) is 0 Å². The predicted molar refractivity (Wildman–Crippen MR) is 93.6 cm³/mol. The second kappa shape index (κ2) is 8.01. The van der Waals surface area contributed by atoms with E-state index in [2.05, 4.69) is 15.6 Å². The zero-order chi connectivity index (χ0) is 17.5. The Morgan fingerprint density at radius 1 is 1.12 bits per heavy atom. The molecule has 3 rings (SSSR count). The zero-order valence-electron chi connectivity index (χ0n) is 13.5. The lowest BCUT2D eigenvalue weighted by molar-refractivity contribution is -0.120. The van der Waals surface area contributed by atoms with Crippen molar-refractivity contribution in [2.45, 2.75) is 13.0 Å². The summed E-state index contributed by atoms with van der Waals surface area (Å²) < 4.78 is 14.6. The Balaban J connectivity index is 1.50. The van der Waals surface area contributed by atoms with Crippen LogP contribution in [0.25, 0.3) is 0 Å². The number of halogens is 1. The average Bonchev–Trinajstić information content (AvgIpc) is 3.05. The number of carbonyl (C=O) groups excluding carboxylic acids is 1. The number of rotatable bonds is 6. The highest BCUT2D eigenvalue weighted by atomic mass is 19.1. The van der Waals surface area contributed by atoms with Crippen molar-refractivity contribution >= 4 is 12.1 Å². The first-order valence-corrected chi connectivity index (χ1v) is 7.82. The van der Waals surface area contributed by atoms with E-state index in [9.17, 15) is 9.18 Å². The van der Waals surface area contributed by atoms with Gasteiger partial charge in [0.15, 0.2) is 0 Å². The average molecular weight is 336 g/mol. The fourth-order valence-electron chi connectivity index (χ4n) is 2.31. The van der Waals surface area contributed by atoms with Crippen LogP contribution in [0.1, 0.15) is 16.7 Å². The van der Waals surface area contributed by atoms with Crippen LogP contribution < -0.4 is 5.43 Å². The number of hydrogen-bond donors (Lipinski definition) is 1. The third-order valence-electron chi connectivity index (χ3n) is 3.52. The Labute approximate surface area is 144 Å².